The van der Waals surface area contributed by atoms with Crippen LogP contribution in [0, 0.1) is 67.6 Å². The van der Waals surface area contributed by atoms with Crippen molar-refractivity contribution < 1.29 is 35.8 Å². The second-order valence-corrected chi connectivity index (χ2v) is 11.7. The summed E-state index contributed by atoms with van der Waals surface area (Å²) in [5.74, 6) is -1.58. The minimum absolute atomic E-state index is 0.0451. The maximum atomic E-state index is 13.5. The Morgan fingerprint density at radius 2 is 1.06 bits per heavy atom. The lowest BCUT2D eigenvalue weighted by atomic mass is 9.85. The molecular formula is C40H16F6N6O2. The van der Waals surface area contributed by atoms with Gasteiger partial charge < -0.3 is 9.47 Å². The zero-order valence-corrected chi connectivity index (χ0v) is 27.5. The minimum Gasteiger partial charge on any atom is -0.418 e. The Balaban J connectivity index is 1.78. The molecule has 14 heteroatoms. The van der Waals surface area contributed by atoms with Crippen LogP contribution in [0.3, 0.4) is 0 Å². The Morgan fingerprint density at radius 3 is 1.46 bits per heavy atom. The fourth-order valence-corrected chi connectivity index (χ4v) is 6.83. The van der Waals surface area contributed by atoms with E-state index in [1.54, 1.807) is 18.2 Å². The summed E-state index contributed by atoms with van der Waals surface area (Å²) in [5.41, 5.74) is 0.690. The average Bonchev–Trinajstić information content (AvgIpc) is 3.61. The van der Waals surface area contributed by atoms with Gasteiger partial charge in [0.25, 0.3) is 11.4 Å². The molecule has 260 valence electrons. The Bertz CT molecular complexity index is 2510. The van der Waals surface area contributed by atoms with Gasteiger partial charge in [0.2, 0.25) is 5.69 Å². The minimum atomic E-state index is -5.16. The number of nitrogens with zero attached hydrogens (tertiary/aromatic N) is 6. The molecule has 0 spiro atoms. The van der Waals surface area contributed by atoms with Crippen molar-refractivity contribution in [3.8, 4) is 52.0 Å². The number of aryl methyl sites for hydroxylation is 2. The van der Waals surface area contributed by atoms with Crippen LogP contribution >= 0.6 is 0 Å². The highest BCUT2D eigenvalue weighted by atomic mass is 19.4. The van der Waals surface area contributed by atoms with E-state index in [9.17, 15) is 42.1 Å². The number of hydrogen-bond donors (Lipinski definition) is 0. The summed E-state index contributed by atoms with van der Waals surface area (Å²) in [7, 11) is 0. The molecule has 4 aromatic carbocycles. The van der Waals surface area contributed by atoms with Gasteiger partial charge in [-0.3, -0.25) is 0 Å². The predicted molar refractivity (Wildman–Crippen MR) is 183 cm³/mol. The van der Waals surface area contributed by atoms with Crippen molar-refractivity contribution >= 4 is 28.0 Å². The number of rotatable bonds is 4. The van der Waals surface area contributed by atoms with Gasteiger partial charge in [-0.25, -0.2) is 25.1 Å². The SMILES string of the molecule is [C-]#[N+]/C(C#N)=C1C2=C(/C(=C(\C#N)[N+]#[C-])c3cccc(-c4cc(C)c(C#N)c(OC(F)(F)F)c4)c32)c2c\1cccc2-c1cc(C)c([N+]#[C-])c(OC(F)(F)F)c1. The quantitative estimate of drug-likeness (QED) is 0.118. The van der Waals surface area contributed by atoms with Gasteiger partial charge in [0, 0.05) is 11.1 Å². The summed E-state index contributed by atoms with van der Waals surface area (Å²) in [6.45, 7) is 26.1. The van der Waals surface area contributed by atoms with Crippen LogP contribution in [0.25, 0.3) is 59.1 Å². The number of alkyl halides is 6. The Kier molecular flexibility index (Phi) is 8.73. The molecule has 6 rings (SSSR count). The van der Waals surface area contributed by atoms with Gasteiger partial charge in [0.05, 0.1) is 37.4 Å². The van der Waals surface area contributed by atoms with E-state index in [-0.39, 0.29) is 83.5 Å². The van der Waals surface area contributed by atoms with Gasteiger partial charge in [0.1, 0.15) is 17.6 Å². The molecule has 0 unspecified atom stereocenters. The smallest absolute Gasteiger partial charge is 0.418 e. The highest BCUT2D eigenvalue weighted by Crippen LogP contribution is 2.63. The number of nitriles is 3. The first kappa shape index (κ1) is 36.0. The van der Waals surface area contributed by atoms with Crippen molar-refractivity contribution in [3.05, 3.63) is 145 Å². The van der Waals surface area contributed by atoms with E-state index in [0.717, 1.165) is 12.1 Å². The van der Waals surface area contributed by atoms with E-state index >= 15 is 0 Å². The fraction of sp³-hybridized carbons (Fsp3) is 0.100. The molecule has 0 N–H and O–H groups in total. The second-order valence-electron chi connectivity index (χ2n) is 11.7. The number of allylic oxidation sites excluding steroid dienone is 6. The van der Waals surface area contributed by atoms with Crippen molar-refractivity contribution in [1.82, 2.24) is 0 Å². The maximum Gasteiger partial charge on any atom is 0.573 e. The summed E-state index contributed by atoms with van der Waals surface area (Å²) in [4.78, 5) is 10.1. The normalized spacial score (nSPS) is 14.6. The highest BCUT2D eigenvalue weighted by molar-refractivity contribution is 6.39. The molecule has 0 aliphatic heterocycles. The molecule has 8 nitrogen and oxygen atoms in total. The summed E-state index contributed by atoms with van der Waals surface area (Å²) in [5, 5.41) is 30.1. The van der Waals surface area contributed by atoms with Gasteiger partial charge in [-0.15, -0.1) is 26.3 Å². The van der Waals surface area contributed by atoms with E-state index in [1.807, 2.05) is 12.1 Å². The van der Waals surface area contributed by atoms with Crippen molar-refractivity contribution in [2.45, 2.75) is 26.6 Å². The molecule has 0 heterocycles. The van der Waals surface area contributed by atoms with Crippen LogP contribution in [-0.2, 0) is 0 Å². The third-order valence-corrected chi connectivity index (χ3v) is 8.69. The van der Waals surface area contributed by atoms with E-state index in [4.69, 9.17) is 19.7 Å². The van der Waals surface area contributed by atoms with Gasteiger partial charge in [0.15, 0.2) is 0 Å². The third kappa shape index (κ3) is 5.91. The number of halogens is 6. The fourth-order valence-electron chi connectivity index (χ4n) is 6.83. The largest absolute Gasteiger partial charge is 0.573 e. The van der Waals surface area contributed by atoms with Crippen molar-refractivity contribution in [2.24, 2.45) is 0 Å². The van der Waals surface area contributed by atoms with Gasteiger partial charge in [-0.2, -0.15) is 5.26 Å². The lowest BCUT2D eigenvalue weighted by Crippen LogP contribution is -2.18. The first-order chi connectivity index (χ1) is 25.6. The molecule has 4 aromatic rings. The van der Waals surface area contributed by atoms with Crippen LogP contribution in [0.4, 0.5) is 32.0 Å². The zero-order valence-electron chi connectivity index (χ0n) is 27.5. The van der Waals surface area contributed by atoms with E-state index in [1.165, 1.54) is 50.2 Å². The average molecular weight is 727 g/mol. The van der Waals surface area contributed by atoms with Crippen molar-refractivity contribution in [2.75, 3.05) is 0 Å². The lowest BCUT2D eigenvalue weighted by molar-refractivity contribution is -0.275. The molecule has 0 radical (unpaired) electrons. The van der Waals surface area contributed by atoms with Crippen LogP contribution in [-0.4, -0.2) is 12.7 Å². The first-order valence-electron chi connectivity index (χ1n) is 15.3. The summed E-state index contributed by atoms with van der Waals surface area (Å²) < 4.78 is 89.5. The molecule has 0 saturated carbocycles. The molecule has 2 aliphatic carbocycles. The molecule has 0 saturated heterocycles. The second kappa shape index (κ2) is 13.1. The van der Waals surface area contributed by atoms with Crippen LogP contribution in [0.1, 0.15) is 38.9 Å². The number of ether oxygens (including phenoxy) is 2. The maximum absolute atomic E-state index is 13.5. The van der Waals surface area contributed by atoms with E-state index in [2.05, 4.69) is 24.0 Å². The van der Waals surface area contributed by atoms with E-state index in [0.29, 0.717) is 0 Å². The molecule has 0 aromatic heterocycles. The molecule has 54 heavy (non-hydrogen) atoms. The highest BCUT2D eigenvalue weighted by Gasteiger charge is 2.42. The Morgan fingerprint density at radius 1 is 0.630 bits per heavy atom. The van der Waals surface area contributed by atoms with Crippen LogP contribution in [0.5, 0.6) is 11.5 Å². The number of hydrogen-bond acceptors (Lipinski definition) is 5. The topological polar surface area (TPSA) is 103 Å². The third-order valence-electron chi connectivity index (χ3n) is 8.69. The summed E-state index contributed by atoms with van der Waals surface area (Å²) in [6, 6.07) is 19.6. The van der Waals surface area contributed by atoms with Crippen molar-refractivity contribution in [3.63, 3.8) is 0 Å². The molecular weight excluding hydrogens is 710 g/mol. The summed E-state index contributed by atoms with van der Waals surface area (Å²) in [6.07, 6.45) is -10.3. The molecule has 0 fully saturated rings. The molecule has 0 atom stereocenters. The molecule has 0 bridgehead atoms. The Hall–Kier alpha value is -7.78. The number of benzene rings is 4. The van der Waals surface area contributed by atoms with Crippen LogP contribution < -0.4 is 9.47 Å². The monoisotopic (exact) mass is 726 g/mol. The summed E-state index contributed by atoms with van der Waals surface area (Å²) >= 11 is 0. The van der Waals surface area contributed by atoms with E-state index < -0.39 is 41.3 Å². The Labute approximate surface area is 303 Å². The van der Waals surface area contributed by atoms with Crippen LogP contribution in [0.2, 0.25) is 0 Å². The molecule has 2 aliphatic rings. The lowest BCUT2D eigenvalue weighted by Gasteiger charge is -2.19. The van der Waals surface area contributed by atoms with Gasteiger partial charge in [-0.05, 0) is 98.8 Å². The standard InChI is InChI=1S/C40H16F6N6O2/c1-19-12-21(14-30(27(19)16-47)53-39(41,42)43)23-8-6-10-25-32(23)36-35(29(18-49)51-4)26-11-7-9-24(33(26)37(36)34(25)28(17-48)50-3)22-13-20(2)38(52-5)31(15-22)54-40(44,45)46/h6-15H,1-2H3/b34-28+,35-29-. The van der Waals surface area contributed by atoms with Crippen molar-refractivity contribution in [1.29, 1.82) is 15.8 Å². The van der Waals surface area contributed by atoms with Gasteiger partial charge >= 0.3 is 12.7 Å². The van der Waals surface area contributed by atoms with Gasteiger partial charge in [-0.1, -0.05) is 42.5 Å². The number of fused-ring (bicyclic) bond motifs is 4. The predicted octanol–water partition coefficient (Wildman–Crippen LogP) is 11.1. The zero-order chi connectivity index (χ0) is 39.3. The first-order valence-corrected chi connectivity index (χ1v) is 15.3. The molecule has 0 amide bonds. The van der Waals surface area contributed by atoms with Crippen LogP contribution in [0.15, 0.2) is 72.1 Å².